The molecular weight excluding hydrogens is 358 g/mol. The van der Waals surface area contributed by atoms with Crippen LogP contribution in [0.2, 0.25) is 0 Å². The van der Waals surface area contributed by atoms with Gasteiger partial charge in [0.05, 0.1) is 25.3 Å². The molecule has 3 rings (SSSR count). The zero-order valence-corrected chi connectivity index (χ0v) is 15.9. The van der Waals surface area contributed by atoms with Gasteiger partial charge in [0, 0.05) is 56.8 Å². The van der Waals surface area contributed by atoms with Crippen molar-refractivity contribution in [2.75, 3.05) is 26.7 Å². The van der Waals surface area contributed by atoms with Crippen LogP contribution in [0.3, 0.4) is 0 Å². The molecule has 8 nitrogen and oxygen atoms in total. The molecule has 1 aromatic carbocycles. The Morgan fingerprint density at radius 2 is 2.21 bits per heavy atom. The summed E-state index contributed by atoms with van der Waals surface area (Å²) in [6.07, 6.45) is 5.62. The lowest BCUT2D eigenvalue weighted by Gasteiger charge is -2.35. The molecule has 2 aromatic rings. The third-order valence-corrected chi connectivity index (χ3v) is 4.71. The minimum atomic E-state index is -0.504. The van der Waals surface area contributed by atoms with Gasteiger partial charge in [-0.2, -0.15) is 0 Å². The number of para-hydroxylation sites is 1. The minimum Gasteiger partial charge on any atom is -0.496 e. The second-order valence-corrected chi connectivity index (χ2v) is 6.59. The van der Waals surface area contributed by atoms with Gasteiger partial charge in [-0.15, -0.1) is 0 Å². The Kier molecular flexibility index (Phi) is 6.91. The highest BCUT2D eigenvalue weighted by Gasteiger charge is 2.31. The van der Waals surface area contributed by atoms with E-state index in [4.69, 9.17) is 4.74 Å². The van der Waals surface area contributed by atoms with Crippen LogP contribution >= 0.6 is 0 Å². The molecule has 0 aliphatic carbocycles. The first-order valence-corrected chi connectivity index (χ1v) is 9.32. The highest BCUT2D eigenvalue weighted by molar-refractivity contribution is 5.88. The molecule has 2 amide bonds. The second-order valence-electron chi connectivity index (χ2n) is 6.59. The lowest BCUT2D eigenvalue weighted by atomic mass is 10.1. The SMILES string of the molecule is COc1ccccc1CN1CCNC(=O)[C@H]1CC(=O)NCCc1cnccn1. The fraction of sp³-hybridized carbons (Fsp3) is 0.400. The summed E-state index contributed by atoms with van der Waals surface area (Å²) in [5.41, 5.74) is 1.81. The van der Waals surface area contributed by atoms with Crippen molar-refractivity contribution < 1.29 is 14.3 Å². The molecule has 2 N–H and O–H groups in total. The molecule has 148 valence electrons. The average molecular weight is 383 g/mol. The third-order valence-electron chi connectivity index (χ3n) is 4.71. The second kappa shape index (κ2) is 9.80. The molecule has 1 saturated heterocycles. The number of rotatable bonds is 8. The van der Waals surface area contributed by atoms with Crippen molar-refractivity contribution in [3.63, 3.8) is 0 Å². The standard InChI is InChI=1S/C20H25N5O3/c1-28-18-5-3-2-4-15(18)14-25-11-10-24-20(27)17(25)12-19(26)23-7-6-16-13-21-8-9-22-16/h2-5,8-9,13,17H,6-7,10-12,14H2,1H3,(H,23,26)(H,24,27)/t17-/m1/s1. The number of hydrogen-bond acceptors (Lipinski definition) is 6. The van der Waals surface area contributed by atoms with Gasteiger partial charge in [-0.1, -0.05) is 18.2 Å². The van der Waals surface area contributed by atoms with Crippen LogP contribution < -0.4 is 15.4 Å². The van der Waals surface area contributed by atoms with E-state index < -0.39 is 6.04 Å². The zero-order valence-electron chi connectivity index (χ0n) is 15.9. The summed E-state index contributed by atoms with van der Waals surface area (Å²) in [6.45, 7) is 2.26. The Balaban J connectivity index is 1.57. The number of amides is 2. The van der Waals surface area contributed by atoms with Crippen LogP contribution in [0, 0.1) is 0 Å². The topological polar surface area (TPSA) is 96.5 Å². The fourth-order valence-corrected chi connectivity index (χ4v) is 3.26. The van der Waals surface area contributed by atoms with Crippen LogP contribution in [0.1, 0.15) is 17.7 Å². The zero-order chi connectivity index (χ0) is 19.8. The summed E-state index contributed by atoms with van der Waals surface area (Å²) in [5.74, 6) is 0.502. The van der Waals surface area contributed by atoms with Gasteiger partial charge in [0.25, 0.3) is 0 Å². The van der Waals surface area contributed by atoms with E-state index in [1.54, 1.807) is 25.7 Å². The van der Waals surface area contributed by atoms with Crippen LogP contribution in [-0.4, -0.2) is 59.5 Å². The number of methoxy groups -OCH3 is 1. The maximum atomic E-state index is 12.4. The molecular formula is C20H25N5O3. The van der Waals surface area contributed by atoms with E-state index >= 15 is 0 Å². The highest BCUT2D eigenvalue weighted by Crippen LogP contribution is 2.21. The van der Waals surface area contributed by atoms with Gasteiger partial charge >= 0.3 is 0 Å². The molecule has 0 bridgehead atoms. The molecule has 1 aliphatic rings. The third kappa shape index (κ3) is 5.26. The van der Waals surface area contributed by atoms with E-state index in [2.05, 4.69) is 20.6 Å². The van der Waals surface area contributed by atoms with Crippen LogP contribution in [0.5, 0.6) is 5.75 Å². The maximum Gasteiger partial charge on any atom is 0.237 e. The molecule has 1 aromatic heterocycles. The molecule has 0 radical (unpaired) electrons. The number of piperazine rings is 1. The molecule has 0 saturated carbocycles. The van der Waals surface area contributed by atoms with Gasteiger partial charge in [-0.05, 0) is 6.07 Å². The molecule has 2 heterocycles. The number of ether oxygens (including phenoxy) is 1. The Morgan fingerprint density at radius 1 is 1.36 bits per heavy atom. The smallest absolute Gasteiger partial charge is 0.237 e. The van der Waals surface area contributed by atoms with E-state index in [1.807, 2.05) is 29.2 Å². The van der Waals surface area contributed by atoms with Gasteiger partial charge in [0.15, 0.2) is 0 Å². The lowest BCUT2D eigenvalue weighted by molar-refractivity contribution is -0.134. The molecule has 1 atom stereocenters. The molecule has 8 heteroatoms. The van der Waals surface area contributed by atoms with E-state index in [0.29, 0.717) is 32.6 Å². The van der Waals surface area contributed by atoms with Crippen LogP contribution in [0.25, 0.3) is 0 Å². The summed E-state index contributed by atoms with van der Waals surface area (Å²) >= 11 is 0. The quantitative estimate of drug-likeness (QED) is 0.691. The van der Waals surface area contributed by atoms with Gasteiger partial charge in [0.1, 0.15) is 5.75 Å². The predicted octanol–water partition coefficient (Wildman–Crippen LogP) is 0.535. The molecule has 1 fully saturated rings. The van der Waals surface area contributed by atoms with Gasteiger partial charge in [-0.25, -0.2) is 0 Å². The summed E-state index contributed by atoms with van der Waals surface area (Å²) in [5, 5.41) is 5.72. The monoisotopic (exact) mass is 383 g/mol. The van der Waals surface area contributed by atoms with Crippen molar-refractivity contribution in [1.29, 1.82) is 0 Å². The van der Waals surface area contributed by atoms with Crippen molar-refractivity contribution in [3.05, 3.63) is 54.1 Å². The Hall–Kier alpha value is -3.00. The first-order valence-electron chi connectivity index (χ1n) is 9.32. The largest absolute Gasteiger partial charge is 0.496 e. The number of nitrogens with zero attached hydrogens (tertiary/aromatic N) is 3. The van der Waals surface area contributed by atoms with Crippen LogP contribution in [0.4, 0.5) is 0 Å². The molecule has 1 aliphatic heterocycles. The molecule has 28 heavy (non-hydrogen) atoms. The van der Waals surface area contributed by atoms with Crippen LogP contribution in [-0.2, 0) is 22.6 Å². The molecule has 0 unspecified atom stereocenters. The minimum absolute atomic E-state index is 0.113. The maximum absolute atomic E-state index is 12.4. The summed E-state index contributed by atoms with van der Waals surface area (Å²) in [4.78, 5) is 35.0. The number of carbonyl (C=O) groups excluding carboxylic acids is 2. The van der Waals surface area contributed by atoms with Gasteiger partial charge in [-0.3, -0.25) is 24.5 Å². The number of hydrogen-bond donors (Lipinski definition) is 2. The normalized spacial score (nSPS) is 17.0. The van der Waals surface area contributed by atoms with Crippen molar-refractivity contribution in [1.82, 2.24) is 25.5 Å². The average Bonchev–Trinajstić information content (AvgIpc) is 2.72. The van der Waals surface area contributed by atoms with Gasteiger partial charge in [0.2, 0.25) is 11.8 Å². The summed E-state index contributed by atoms with van der Waals surface area (Å²) in [6, 6.07) is 7.22. The van der Waals surface area contributed by atoms with Gasteiger partial charge < -0.3 is 15.4 Å². The Labute approximate surface area is 164 Å². The first-order chi connectivity index (χ1) is 13.7. The van der Waals surface area contributed by atoms with Crippen LogP contribution in [0.15, 0.2) is 42.9 Å². The summed E-state index contributed by atoms with van der Waals surface area (Å²) in [7, 11) is 1.63. The Morgan fingerprint density at radius 3 is 3.00 bits per heavy atom. The van der Waals surface area contributed by atoms with E-state index in [0.717, 1.165) is 17.0 Å². The predicted molar refractivity (Wildman–Crippen MR) is 104 cm³/mol. The highest BCUT2D eigenvalue weighted by atomic mass is 16.5. The van der Waals surface area contributed by atoms with E-state index in [9.17, 15) is 9.59 Å². The van der Waals surface area contributed by atoms with Crippen molar-refractivity contribution in [3.8, 4) is 5.75 Å². The van der Waals surface area contributed by atoms with Crippen molar-refractivity contribution in [2.45, 2.75) is 25.4 Å². The van der Waals surface area contributed by atoms with E-state index in [1.165, 1.54) is 0 Å². The fourth-order valence-electron chi connectivity index (χ4n) is 3.26. The summed E-state index contributed by atoms with van der Waals surface area (Å²) < 4.78 is 5.41. The number of benzene rings is 1. The van der Waals surface area contributed by atoms with Crippen molar-refractivity contribution in [2.24, 2.45) is 0 Å². The lowest BCUT2D eigenvalue weighted by Crippen LogP contribution is -2.56. The van der Waals surface area contributed by atoms with Crippen molar-refractivity contribution >= 4 is 11.8 Å². The number of nitrogens with one attached hydrogen (secondary N) is 2. The number of aromatic nitrogens is 2. The molecule has 0 spiro atoms. The number of carbonyl (C=O) groups is 2. The Bertz CT molecular complexity index is 799. The van der Waals surface area contributed by atoms with E-state index in [-0.39, 0.29) is 18.2 Å². The first kappa shape index (κ1) is 19.8.